The first kappa shape index (κ1) is 17.0. The minimum atomic E-state index is -0.999. The van der Waals surface area contributed by atoms with Crippen molar-refractivity contribution >= 4 is 18.0 Å². The Labute approximate surface area is 126 Å². The summed E-state index contributed by atoms with van der Waals surface area (Å²) in [7, 11) is 0. The molecule has 21 heavy (non-hydrogen) atoms. The van der Waals surface area contributed by atoms with Gasteiger partial charge in [-0.05, 0) is 50.5 Å². The van der Waals surface area contributed by atoms with Crippen LogP contribution in [0.15, 0.2) is 24.3 Å². The number of hydrogen-bond donors (Lipinski definition) is 1. The van der Waals surface area contributed by atoms with E-state index in [0.717, 1.165) is 23.6 Å². The fourth-order valence-electron chi connectivity index (χ4n) is 2.22. The van der Waals surface area contributed by atoms with Gasteiger partial charge >= 0.3 is 5.97 Å². The lowest BCUT2D eigenvalue weighted by atomic mass is 10.0. The van der Waals surface area contributed by atoms with Crippen molar-refractivity contribution in [1.29, 1.82) is 0 Å². The van der Waals surface area contributed by atoms with E-state index in [2.05, 4.69) is 0 Å². The van der Waals surface area contributed by atoms with Crippen molar-refractivity contribution in [2.45, 2.75) is 40.2 Å². The topological polar surface area (TPSA) is 57.6 Å². The molecule has 1 amide bonds. The summed E-state index contributed by atoms with van der Waals surface area (Å²) in [6, 6.07) is 5.52. The number of nitrogens with zero attached hydrogens (tertiary/aromatic N) is 1. The normalized spacial score (nSPS) is 11.1. The molecule has 1 aromatic rings. The highest BCUT2D eigenvalue weighted by Crippen LogP contribution is 2.18. The Morgan fingerprint density at radius 1 is 1.33 bits per heavy atom. The molecule has 0 atom stereocenters. The lowest BCUT2D eigenvalue weighted by Crippen LogP contribution is -2.37. The summed E-state index contributed by atoms with van der Waals surface area (Å²) in [6.07, 6.45) is 3.51. The van der Waals surface area contributed by atoms with Crippen molar-refractivity contribution in [1.82, 2.24) is 4.90 Å². The zero-order chi connectivity index (χ0) is 16.0. The summed E-state index contributed by atoms with van der Waals surface area (Å²) < 4.78 is 0. The molecule has 0 bridgehead atoms. The van der Waals surface area contributed by atoms with E-state index in [9.17, 15) is 9.59 Å². The standard InChI is InChI=1S/C17H23NO3/c1-5-11-18(12(2)3)17(21)15-8-6-7-14(13(15)4)9-10-16(19)20/h6-10,12H,5,11H2,1-4H3,(H,19,20). The van der Waals surface area contributed by atoms with Crippen molar-refractivity contribution < 1.29 is 14.7 Å². The molecular weight excluding hydrogens is 266 g/mol. The molecule has 0 aliphatic carbocycles. The molecule has 0 aliphatic heterocycles. The third kappa shape index (κ3) is 4.45. The van der Waals surface area contributed by atoms with Gasteiger partial charge in [-0.2, -0.15) is 0 Å². The molecular formula is C17H23NO3. The molecule has 0 unspecified atom stereocenters. The first-order chi connectivity index (χ1) is 9.88. The number of carboxylic acids is 1. The predicted molar refractivity (Wildman–Crippen MR) is 84.3 cm³/mol. The maximum atomic E-state index is 12.7. The molecule has 0 aliphatic rings. The van der Waals surface area contributed by atoms with Crippen LogP contribution in [-0.4, -0.2) is 34.5 Å². The van der Waals surface area contributed by atoms with Crippen molar-refractivity contribution in [2.24, 2.45) is 0 Å². The van der Waals surface area contributed by atoms with Crippen molar-refractivity contribution in [3.8, 4) is 0 Å². The van der Waals surface area contributed by atoms with Crippen LogP contribution >= 0.6 is 0 Å². The van der Waals surface area contributed by atoms with Gasteiger partial charge in [0.2, 0.25) is 0 Å². The predicted octanol–water partition coefficient (Wildman–Crippen LogP) is 3.35. The lowest BCUT2D eigenvalue weighted by molar-refractivity contribution is -0.131. The maximum absolute atomic E-state index is 12.7. The smallest absolute Gasteiger partial charge is 0.328 e. The second-order valence-corrected chi connectivity index (χ2v) is 5.28. The second kappa shape index (κ2) is 7.62. The van der Waals surface area contributed by atoms with Gasteiger partial charge in [-0.15, -0.1) is 0 Å². The Hall–Kier alpha value is -2.10. The van der Waals surface area contributed by atoms with E-state index < -0.39 is 5.97 Å². The van der Waals surface area contributed by atoms with Gasteiger partial charge in [0.1, 0.15) is 0 Å². The van der Waals surface area contributed by atoms with Crippen LogP contribution in [0.5, 0.6) is 0 Å². The fourth-order valence-corrected chi connectivity index (χ4v) is 2.22. The average Bonchev–Trinajstić information content (AvgIpc) is 2.42. The SMILES string of the molecule is CCCN(C(=O)c1cccc(C=CC(=O)O)c1C)C(C)C. The molecule has 0 radical (unpaired) electrons. The second-order valence-electron chi connectivity index (χ2n) is 5.28. The van der Waals surface area contributed by atoms with E-state index in [1.807, 2.05) is 38.7 Å². The average molecular weight is 289 g/mol. The highest BCUT2D eigenvalue weighted by atomic mass is 16.4. The number of aliphatic carboxylic acids is 1. The van der Waals surface area contributed by atoms with Crippen molar-refractivity contribution in [2.75, 3.05) is 6.54 Å². The van der Waals surface area contributed by atoms with Gasteiger partial charge in [-0.1, -0.05) is 19.1 Å². The number of carboxylic acid groups (broad SMARTS) is 1. The maximum Gasteiger partial charge on any atom is 0.328 e. The van der Waals surface area contributed by atoms with Gasteiger partial charge in [0, 0.05) is 24.2 Å². The van der Waals surface area contributed by atoms with Crippen LogP contribution in [0.4, 0.5) is 0 Å². The Bertz CT molecular complexity index is 547. The summed E-state index contributed by atoms with van der Waals surface area (Å²) in [5.41, 5.74) is 2.19. The molecule has 0 saturated heterocycles. The summed E-state index contributed by atoms with van der Waals surface area (Å²) >= 11 is 0. The summed E-state index contributed by atoms with van der Waals surface area (Å²) in [4.78, 5) is 25.1. The van der Waals surface area contributed by atoms with E-state index >= 15 is 0 Å². The molecule has 1 aromatic carbocycles. The summed E-state index contributed by atoms with van der Waals surface area (Å²) in [6.45, 7) is 8.60. The zero-order valence-corrected chi connectivity index (χ0v) is 13.1. The largest absolute Gasteiger partial charge is 0.478 e. The first-order valence-corrected chi connectivity index (χ1v) is 7.20. The van der Waals surface area contributed by atoms with E-state index in [-0.39, 0.29) is 11.9 Å². The number of carbonyl (C=O) groups excluding carboxylic acids is 1. The third-order valence-electron chi connectivity index (χ3n) is 3.36. The van der Waals surface area contributed by atoms with Gasteiger partial charge in [0.25, 0.3) is 5.91 Å². The molecule has 114 valence electrons. The van der Waals surface area contributed by atoms with Gasteiger partial charge in [-0.25, -0.2) is 4.79 Å². The summed E-state index contributed by atoms with van der Waals surface area (Å²) in [5, 5.41) is 8.71. The molecule has 0 saturated carbocycles. The lowest BCUT2D eigenvalue weighted by Gasteiger charge is -2.27. The Morgan fingerprint density at radius 2 is 2.00 bits per heavy atom. The summed E-state index contributed by atoms with van der Waals surface area (Å²) in [5.74, 6) is -1.00. The number of benzene rings is 1. The molecule has 0 spiro atoms. The van der Waals surface area contributed by atoms with Crippen molar-refractivity contribution in [3.05, 3.63) is 41.0 Å². The van der Waals surface area contributed by atoms with Crippen LogP contribution in [0.3, 0.4) is 0 Å². The van der Waals surface area contributed by atoms with E-state index in [4.69, 9.17) is 5.11 Å². The third-order valence-corrected chi connectivity index (χ3v) is 3.36. The molecule has 4 heteroatoms. The van der Waals surface area contributed by atoms with Gasteiger partial charge in [0.15, 0.2) is 0 Å². The number of carbonyl (C=O) groups is 2. The minimum absolute atomic E-state index is 0.00470. The van der Waals surface area contributed by atoms with E-state index in [1.54, 1.807) is 12.1 Å². The zero-order valence-electron chi connectivity index (χ0n) is 13.1. The molecule has 0 aromatic heterocycles. The molecule has 0 fully saturated rings. The van der Waals surface area contributed by atoms with Crippen LogP contribution in [0.2, 0.25) is 0 Å². The van der Waals surface area contributed by atoms with Crippen LogP contribution in [-0.2, 0) is 4.79 Å². The number of rotatable bonds is 6. The highest BCUT2D eigenvalue weighted by molar-refractivity contribution is 5.97. The minimum Gasteiger partial charge on any atom is -0.478 e. The number of amides is 1. The van der Waals surface area contributed by atoms with E-state index in [0.29, 0.717) is 12.1 Å². The quantitative estimate of drug-likeness (QED) is 0.817. The van der Waals surface area contributed by atoms with Crippen LogP contribution in [0.25, 0.3) is 6.08 Å². The van der Waals surface area contributed by atoms with E-state index in [1.165, 1.54) is 6.08 Å². The molecule has 1 rings (SSSR count). The highest BCUT2D eigenvalue weighted by Gasteiger charge is 2.20. The molecule has 1 N–H and O–H groups in total. The van der Waals surface area contributed by atoms with Crippen LogP contribution in [0.1, 0.15) is 48.7 Å². The van der Waals surface area contributed by atoms with Gasteiger partial charge < -0.3 is 10.0 Å². The van der Waals surface area contributed by atoms with Crippen molar-refractivity contribution in [3.63, 3.8) is 0 Å². The Morgan fingerprint density at radius 3 is 2.52 bits per heavy atom. The van der Waals surface area contributed by atoms with Crippen LogP contribution < -0.4 is 0 Å². The first-order valence-electron chi connectivity index (χ1n) is 7.20. The molecule has 4 nitrogen and oxygen atoms in total. The molecule has 0 heterocycles. The Kier molecular flexibility index (Phi) is 6.15. The fraction of sp³-hybridized carbons (Fsp3) is 0.412. The number of hydrogen-bond acceptors (Lipinski definition) is 2. The van der Waals surface area contributed by atoms with Gasteiger partial charge in [0.05, 0.1) is 0 Å². The Balaban J connectivity index is 3.15. The van der Waals surface area contributed by atoms with Crippen LogP contribution in [0, 0.1) is 6.92 Å². The van der Waals surface area contributed by atoms with Gasteiger partial charge in [-0.3, -0.25) is 4.79 Å². The monoisotopic (exact) mass is 289 g/mol.